The number of rotatable bonds is 2. The zero-order valence-electron chi connectivity index (χ0n) is 10.7. The lowest BCUT2D eigenvalue weighted by Crippen LogP contribution is -2.21. The number of hydrogen-bond acceptors (Lipinski definition) is 3. The second kappa shape index (κ2) is 5.31. The van der Waals surface area contributed by atoms with Crippen molar-refractivity contribution in [2.45, 2.75) is 5.16 Å². The SMILES string of the molecule is CSc1nc2ccccc2c(=O)n1-c1ccc(Cl)cc1. The van der Waals surface area contributed by atoms with E-state index in [1.54, 1.807) is 22.8 Å². The van der Waals surface area contributed by atoms with E-state index in [2.05, 4.69) is 4.98 Å². The zero-order valence-corrected chi connectivity index (χ0v) is 12.3. The third-order valence-corrected chi connectivity index (χ3v) is 3.90. The molecular weight excluding hydrogens is 292 g/mol. The molecule has 0 aliphatic heterocycles. The molecule has 0 aliphatic rings. The molecule has 0 saturated carbocycles. The van der Waals surface area contributed by atoms with Crippen molar-refractivity contribution < 1.29 is 0 Å². The molecule has 0 N–H and O–H groups in total. The second-order valence-electron chi connectivity index (χ2n) is 4.23. The highest BCUT2D eigenvalue weighted by atomic mass is 35.5. The summed E-state index contributed by atoms with van der Waals surface area (Å²) in [7, 11) is 0. The molecule has 0 spiro atoms. The quantitative estimate of drug-likeness (QED) is 0.534. The van der Waals surface area contributed by atoms with Crippen molar-refractivity contribution >= 4 is 34.3 Å². The fraction of sp³-hybridized carbons (Fsp3) is 0.0667. The van der Waals surface area contributed by atoms with Crippen molar-refractivity contribution in [3.63, 3.8) is 0 Å². The first-order valence-corrected chi connectivity index (χ1v) is 7.62. The van der Waals surface area contributed by atoms with Crippen LogP contribution in [0.25, 0.3) is 16.6 Å². The Morgan fingerprint density at radius 1 is 1.10 bits per heavy atom. The normalized spacial score (nSPS) is 10.9. The van der Waals surface area contributed by atoms with E-state index in [1.165, 1.54) is 11.8 Å². The van der Waals surface area contributed by atoms with Crippen molar-refractivity contribution in [2.24, 2.45) is 0 Å². The molecule has 0 bridgehead atoms. The van der Waals surface area contributed by atoms with Gasteiger partial charge in [-0.05, 0) is 42.7 Å². The first kappa shape index (κ1) is 13.2. The predicted molar refractivity (Wildman–Crippen MR) is 84.1 cm³/mol. The van der Waals surface area contributed by atoms with Crippen LogP contribution in [0.3, 0.4) is 0 Å². The smallest absolute Gasteiger partial charge is 0.266 e. The molecule has 0 radical (unpaired) electrons. The fourth-order valence-corrected chi connectivity index (χ4v) is 2.75. The first-order chi connectivity index (χ1) is 9.70. The van der Waals surface area contributed by atoms with Crippen LogP contribution in [0.2, 0.25) is 5.02 Å². The number of aromatic nitrogens is 2. The summed E-state index contributed by atoms with van der Waals surface area (Å²) in [5.41, 5.74) is 1.41. The summed E-state index contributed by atoms with van der Waals surface area (Å²) in [6.07, 6.45) is 1.91. The lowest BCUT2D eigenvalue weighted by molar-refractivity contribution is 0.821. The van der Waals surface area contributed by atoms with Gasteiger partial charge in [0.05, 0.1) is 16.6 Å². The van der Waals surface area contributed by atoms with E-state index < -0.39 is 0 Å². The molecule has 5 heteroatoms. The molecule has 0 aliphatic carbocycles. The molecule has 0 atom stereocenters. The van der Waals surface area contributed by atoms with Gasteiger partial charge in [-0.25, -0.2) is 4.98 Å². The van der Waals surface area contributed by atoms with E-state index in [0.717, 1.165) is 5.69 Å². The number of benzene rings is 2. The number of fused-ring (bicyclic) bond motifs is 1. The summed E-state index contributed by atoms with van der Waals surface area (Å²) in [6.45, 7) is 0. The molecule has 100 valence electrons. The summed E-state index contributed by atoms with van der Waals surface area (Å²) in [6, 6.07) is 14.5. The van der Waals surface area contributed by atoms with Gasteiger partial charge in [-0.15, -0.1) is 0 Å². The molecule has 0 saturated heterocycles. The first-order valence-electron chi connectivity index (χ1n) is 6.02. The highest BCUT2D eigenvalue weighted by Crippen LogP contribution is 2.20. The van der Waals surface area contributed by atoms with Crippen LogP contribution in [0.5, 0.6) is 0 Å². The topological polar surface area (TPSA) is 34.9 Å². The molecule has 20 heavy (non-hydrogen) atoms. The Morgan fingerprint density at radius 3 is 2.50 bits per heavy atom. The van der Waals surface area contributed by atoms with Crippen LogP contribution in [-0.2, 0) is 0 Å². The third kappa shape index (κ3) is 2.21. The Balaban J connectivity index is 2.36. The van der Waals surface area contributed by atoms with Gasteiger partial charge in [0.25, 0.3) is 5.56 Å². The molecule has 3 rings (SSSR count). The summed E-state index contributed by atoms with van der Waals surface area (Å²) in [5, 5.41) is 1.91. The van der Waals surface area contributed by atoms with Gasteiger partial charge in [0, 0.05) is 5.02 Å². The molecule has 3 aromatic rings. The van der Waals surface area contributed by atoms with Gasteiger partial charge in [0.15, 0.2) is 5.16 Å². The Bertz CT molecular complexity index is 827. The Morgan fingerprint density at radius 2 is 1.80 bits per heavy atom. The maximum absolute atomic E-state index is 12.7. The zero-order chi connectivity index (χ0) is 14.1. The predicted octanol–water partition coefficient (Wildman–Crippen LogP) is 3.76. The van der Waals surface area contributed by atoms with E-state index in [-0.39, 0.29) is 5.56 Å². The summed E-state index contributed by atoms with van der Waals surface area (Å²) in [5.74, 6) is 0. The fourth-order valence-electron chi connectivity index (χ4n) is 2.07. The minimum atomic E-state index is -0.0673. The largest absolute Gasteiger partial charge is 0.268 e. The van der Waals surface area contributed by atoms with Crippen LogP contribution in [-0.4, -0.2) is 15.8 Å². The van der Waals surface area contributed by atoms with Gasteiger partial charge in [-0.3, -0.25) is 9.36 Å². The number of halogens is 1. The highest BCUT2D eigenvalue weighted by Gasteiger charge is 2.11. The van der Waals surface area contributed by atoms with E-state index in [1.807, 2.05) is 36.6 Å². The maximum atomic E-state index is 12.7. The van der Waals surface area contributed by atoms with Crippen LogP contribution in [0, 0.1) is 0 Å². The number of para-hydroxylation sites is 1. The molecular formula is C15H11ClN2OS. The minimum Gasteiger partial charge on any atom is -0.268 e. The average molecular weight is 303 g/mol. The van der Waals surface area contributed by atoms with Crippen LogP contribution in [0.1, 0.15) is 0 Å². The van der Waals surface area contributed by atoms with Crippen molar-refractivity contribution in [3.8, 4) is 5.69 Å². The summed E-state index contributed by atoms with van der Waals surface area (Å²) >= 11 is 7.34. The van der Waals surface area contributed by atoms with Gasteiger partial charge in [0.1, 0.15) is 0 Å². The second-order valence-corrected chi connectivity index (χ2v) is 5.44. The number of hydrogen-bond donors (Lipinski definition) is 0. The maximum Gasteiger partial charge on any atom is 0.266 e. The average Bonchev–Trinajstić information content (AvgIpc) is 2.48. The molecule has 3 nitrogen and oxygen atoms in total. The van der Waals surface area contributed by atoms with Crippen molar-refractivity contribution in [1.29, 1.82) is 0 Å². The minimum absolute atomic E-state index is 0.0673. The van der Waals surface area contributed by atoms with Crippen LogP contribution in [0.15, 0.2) is 58.5 Å². The molecule has 1 heterocycles. The van der Waals surface area contributed by atoms with Crippen LogP contribution >= 0.6 is 23.4 Å². The standard InChI is InChI=1S/C15H11ClN2OS/c1-20-15-17-13-5-3-2-4-12(13)14(19)18(15)11-8-6-10(16)7-9-11/h2-9H,1H3. The Hall–Kier alpha value is -1.78. The van der Waals surface area contributed by atoms with Gasteiger partial charge < -0.3 is 0 Å². The van der Waals surface area contributed by atoms with Crippen molar-refractivity contribution in [1.82, 2.24) is 9.55 Å². The molecule has 0 fully saturated rings. The number of nitrogens with zero attached hydrogens (tertiary/aromatic N) is 2. The van der Waals surface area contributed by atoms with E-state index in [4.69, 9.17) is 11.6 Å². The number of thioether (sulfide) groups is 1. The third-order valence-electron chi connectivity index (χ3n) is 3.01. The Labute approximate surface area is 125 Å². The lowest BCUT2D eigenvalue weighted by Gasteiger charge is -2.11. The van der Waals surface area contributed by atoms with Gasteiger partial charge in [-0.2, -0.15) is 0 Å². The Kier molecular flexibility index (Phi) is 3.51. The molecule has 1 aromatic heterocycles. The molecule has 0 unspecified atom stereocenters. The molecule has 0 amide bonds. The van der Waals surface area contributed by atoms with E-state index in [9.17, 15) is 4.79 Å². The van der Waals surface area contributed by atoms with Crippen LogP contribution < -0.4 is 5.56 Å². The molecule has 2 aromatic carbocycles. The van der Waals surface area contributed by atoms with E-state index >= 15 is 0 Å². The van der Waals surface area contributed by atoms with Gasteiger partial charge >= 0.3 is 0 Å². The monoisotopic (exact) mass is 302 g/mol. The van der Waals surface area contributed by atoms with Gasteiger partial charge in [0.2, 0.25) is 0 Å². The van der Waals surface area contributed by atoms with Crippen LogP contribution in [0.4, 0.5) is 0 Å². The highest BCUT2D eigenvalue weighted by molar-refractivity contribution is 7.98. The van der Waals surface area contributed by atoms with Crippen molar-refractivity contribution in [3.05, 3.63) is 63.9 Å². The summed E-state index contributed by atoms with van der Waals surface area (Å²) in [4.78, 5) is 17.2. The lowest BCUT2D eigenvalue weighted by atomic mass is 10.2. The van der Waals surface area contributed by atoms with E-state index in [0.29, 0.717) is 21.1 Å². The van der Waals surface area contributed by atoms with Gasteiger partial charge in [-0.1, -0.05) is 35.5 Å². The van der Waals surface area contributed by atoms with Crippen molar-refractivity contribution in [2.75, 3.05) is 6.26 Å². The summed E-state index contributed by atoms with van der Waals surface area (Å²) < 4.78 is 1.61.